The predicted molar refractivity (Wildman–Crippen MR) is 75.1 cm³/mol. The highest BCUT2D eigenvalue weighted by Gasteiger charge is 2.14. The van der Waals surface area contributed by atoms with E-state index in [1.807, 2.05) is 19.9 Å². The van der Waals surface area contributed by atoms with Gasteiger partial charge in [0, 0.05) is 12.2 Å². The summed E-state index contributed by atoms with van der Waals surface area (Å²) in [6.07, 6.45) is 9.88. The molecule has 1 N–H and O–H groups in total. The van der Waals surface area contributed by atoms with E-state index >= 15 is 0 Å². The van der Waals surface area contributed by atoms with E-state index in [9.17, 15) is 0 Å². The number of ether oxygens (including phenoxy) is 1. The van der Waals surface area contributed by atoms with Gasteiger partial charge in [0.2, 0.25) is 5.88 Å². The number of aromatic nitrogens is 1. The summed E-state index contributed by atoms with van der Waals surface area (Å²) in [5.41, 5.74) is 1.04. The van der Waals surface area contributed by atoms with Gasteiger partial charge in [0.15, 0.2) is 0 Å². The van der Waals surface area contributed by atoms with Crippen molar-refractivity contribution in [2.75, 3.05) is 5.32 Å². The van der Waals surface area contributed by atoms with E-state index in [4.69, 9.17) is 4.74 Å². The number of anilines is 1. The van der Waals surface area contributed by atoms with Gasteiger partial charge in [-0.05, 0) is 38.8 Å². The number of pyridine rings is 1. The molecule has 1 aromatic rings. The second-order valence-corrected chi connectivity index (χ2v) is 5.36. The average molecular weight is 248 g/mol. The first-order chi connectivity index (χ1) is 8.75. The Balaban J connectivity index is 2.02. The molecule has 0 saturated heterocycles. The van der Waals surface area contributed by atoms with Gasteiger partial charge >= 0.3 is 0 Å². The van der Waals surface area contributed by atoms with Crippen molar-refractivity contribution in [2.24, 2.45) is 0 Å². The van der Waals surface area contributed by atoms with Crippen molar-refractivity contribution in [1.29, 1.82) is 0 Å². The molecule has 0 unspecified atom stereocenters. The summed E-state index contributed by atoms with van der Waals surface area (Å²) in [4.78, 5) is 4.32. The zero-order valence-electron chi connectivity index (χ0n) is 11.5. The van der Waals surface area contributed by atoms with Gasteiger partial charge in [-0.15, -0.1) is 0 Å². The standard InChI is InChI=1S/C15H24N2O/c1-12(2)18-15-14(10-7-11-16-15)17-13-8-5-3-4-6-9-13/h7,10-13,17H,3-6,8-9H2,1-2H3. The maximum Gasteiger partial charge on any atom is 0.237 e. The van der Waals surface area contributed by atoms with Crippen LogP contribution in [0.5, 0.6) is 5.88 Å². The van der Waals surface area contributed by atoms with E-state index < -0.39 is 0 Å². The topological polar surface area (TPSA) is 34.1 Å². The van der Waals surface area contributed by atoms with Crippen LogP contribution in [0.4, 0.5) is 5.69 Å². The summed E-state index contributed by atoms with van der Waals surface area (Å²) in [5.74, 6) is 0.733. The second-order valence-electron chi connectivity index (χ2n) is 5.36. The Kier molecular flexibility index (Phi) is 4.85. The fourth-order valence-corrected chi connectivity index (χ4v) is 2.46. The van der Waals surface area contributed by atoms with Crippen LogP contribution in [-0.4, -0.2) is 17.1 Å². The minimum absolute atomic E-state index is 0.162. The van der Waals surface area contributed by atoms with Crippen LogP contribution in [-0.2, 0) is 0 Å². The molecule has 0 bridgehead atoms. The lowest BCUT2D eigenvalue weighted by Gasteiger charge is -2.20. The molecule has 0 spiro atoms. The number of hydrogen-bond acceptors (Lipinski definition) is 3. The maximum atomic E-state index is 5.74. The van der Waals surface area contributed by atoms with Gasteiger partial charge in [0.05, 0.1) is 11.8 Å². The van der Waals surface area contributed by atoms with E-state index in [2.05, 4.69) is 16.4 Å². The zero-order chi connectivity index (χ0) is 12.8. The number of hydrogen-bond donors (Lipinski definition) is 1. The van der Waals surface area contributed by atoms with Gasteiger partial charge in [0.25, 0.3) is 0 Å². The van der Waals surface area contributed by atoms with Crippen LogP contribution in [0.2, 0.25) is 0 Å². The lowest BCUT2D eigenvalue weighted by atomic mass is 10.1. The van der Waals surface area contributed by atoms with Gasteiger partial charge in [0.1, 0.15) is 0 Å². The molecule has 1 saturated carbocycles. The Morgan fingerprint density at radius 1 is 1.22 bits per heavy atom. The molecule has 3 heteroatoms. The third-order valence-electron chi connectivity index (χ3n) is 3.33. The Labute approximate surface area is 110 Å². The van der Waals surface area contributed by atoms with E-state index in [1.165, 1.54) is 38.5 Å². The molecule has 1 aliphatic carbocycles. The van der Waals surface area contributed by atoms with Crippen LogP contribution in [0, 0.1) is 0 Å². The highest BCUT2D eigenvalue weighted by atomic mass is 16.5. The smallest absolute Gasteiger partial charge is 0.237 e. The highest BCUT2D eigenvalue weighted by molar-refractivity contribution is 5.52. The molecule has 0 aliphatic heterocycles. The zero-order valence-corrected chi connectivity index (χ0v) is 11.5. The van der Waals surface area contributed by atoms with Crippen LogP contribution >= 0.6 is 0 Å². The Hall–Kier alpha value is -1.25. The molecule has 1 heterocycles. The third-order valence-corrected chi connectivity index (χ3v) is 3.33. The summed E-state index contributed by atoms with van der Waals surface area (Å²) in [5, 5.41) is 3.61. The molecule has 3 nitrogen and oxygen atoms in total. The summed E-state index contributed by atoms with van der Waals surface area (Å²) >= 11 is 0. The lowest BCUT2D eigenvalue weighted by Crippen LogP contribution is -2.19. The quantitative estimate of drug-likeness (QED) is 0.818. The Bertz CT molecular complexity index is 357. The molecule has 100 valence electrons. The summed E-state index contributed by atoms with van der Waals surface area (Å²) in [7, 11) is 0. The fourth-order valence-electron chi connectivity index (χ4n) is 2.46. The first kappa shape index (κ1) is 13.2. The van der Waals surface area contributed by atoms with Crippen molar-refractivity contribution in [3.05, 3.63) is 18.3 Å². The van der Waals surface area contributed by atoms with Crippen molar-refractivity contribution >= 4 is 5.69 Å². The molecule has 0 amide bonds. The van der Waals surface area contributed by atoms with E-state index in [-0.39, 0.29) is 6.10 Å². The van der Waals surface area contributed by atoms with Crippen LogP contribution < -0.4 is 10.1 Å². The van der Waals surface area contributed by atoms with Crippen molar-refractivity contribution in [1.82, 2.24) is 4.98 Å². The van der Waals surface area contributed by atoms with Crippen molar-refractivity contribution in [3.8, 4) is 5.88 Å². The molecule has 1 aliphatic rings. The lowest BCUT2D eigenvalue weighted by molar-refractivity contribution is 0.234. The summed E-state index contributed by atoms with van der Waals surface area (Å²) in [6, 6.07) is 4.60. The maximum absolute atomic E-state index is 5.74. The summed E-state index contributed by atoms with van der Waals surface area (Å²) in [6.45, 7) is 4.06. The van der Waals surface area contributed by atoms with Gasteiger partial charge in [-0.2, -0.15) is 0 Å². The molecule has 18 heavy (non-hydrogen) atoms. The van der Waals surface area contributed by atoms with Crippen molar-refractivity contribution in [2.45, 2.75) is 64.5 Å². The largest absolute Gasteiger partial charge is 0.473 e. The van der Waals surface area contributed by atoms with E-state index in [0.29, 0.717) is 6.04 Å². The molecule has 2 rings (SSSR count). The van der Waals surface area contributed by atoms with E-state index in [0.717, 1.165) is 11.6 Å². The molecule has 0 aromatic carbocycles. The molecule has 1 aromatic heterocycles. The molecule has 1 fully saturated rings. The minimum atomic E-state index is 0.162. The highest BCUT2D eigenvalue weighted by Crippen LogP contribution is 2.26. The Morgan fingerprint density at radius 3 is 2.61 bits per heavy atom. The monoisotopic (exact) mass is 248 g/mol. The van der Waals surface area contributed by atoms with Gasteiger partial charge in [-0.25, -0.2) is 4.98 Å². The van der Waals surface area contributed by atoms with Gasteiger partial charge in [-0.3, -0.25) is 0 Å². The molecule has 0 radical (unpaired) electrons. The van der Waals surface area contributed by atoms with Crippen molar-refractivity contribution < 1.29 is 4.74 Å². The van der Waals surface area contributed by atoms with E-state index in [1.54, 1.807) is 6.20 Å². The van der Waals surface area contributed by atoms with Gasteiger partial charge < -0.3 is 10.1 Å². The number of nitrogens with one attached hydrogen (secondary N) is 1. The summed E-state index contributed by atoms with van der Waals surface area (Å²) < 4.78 is 5.74. The molecule has 0 atom stereocenters. The number of nitrogens with zero attached hydrogens (tertiary/aromatic N) is 1. The fraction of sp³-hybridized carbons (Fsp3) is 0.667. The first-order valence-corrected chi connectivity index (χ1v) is 7.14. The van der Waals surface area contributed by atoms with Crippen LogP contribution in [0.25, 0.3) is 0 Å². The normalized spacial score (nSPS) is 17.5. The van der Waals surface area contributed by atoms with Gasteiger partial charge in [-0.1, -0.05) is 25.7 Å². The SMILES string of the molecule is CC(C)Oc1ncccc1NC1CCCCCC1. The third kappa shape index (κ3) is 3.90. The first-order valence-electron chi connectivity index (χ1n) is 7.14. The Morgan fingerprint density at radius 2 is 1.94 bits per heavy atom. The molecular weight excluding hydrogens is 224 g/mol. The average Bonchev–Trinajstić information content (AvgIpc) is 2.60. The minimum Gasteiger partial charge on any atom is -0.473 e. The second kappa shape index (κ2) is 6.62. The predicted octanol–water partition coefficient (Wildman–Crippen LogP) is 4.00. The molecular formula is C15H24N2O. The van der Waals surface area contributed by atoms with Crippen LogP contribution in [0.15, 0.2) is 18.3 Å². The van der Waals surface area contributed by atoms with Crippen LogP contribution in [0.1, 0.15) is 52.4 Å². The van der Waals surface area contributed by atoms with Crippen LogP contribution in [0.3, 0.4) is 0 Å². The number of rotatable bonds is 4. The van der Waals surface area contributed by atoms with Crippen molar-refractivity contribution in [3.63, 3.8) is 0 Å².